The van der Waals surface area contributed by atoms with Gasteiger partial charge >= 0.3 is 5.97 Å². The summed E-state index contributed by atoms with van der Waals surface area (Å²) in [7, 11) is -3.55. The van der Waals surface area contributed by atoms with Gasteiger partial charge in [0.15, 0.2) is 0 Å². The average molecular weight is 356 g/mol. The lowest BCUT2D eigenvalue weighted by Crippen LogP contribution is -2.31. The number of ether oxygens (including phenoxy) is 1. The Bertz CT molecular complexity index is 652. The molecular formula is C16H24N2O5S. The molecule has 0 heterocycles. The molecule has 1 aromatic rings. The van der Waals surface area contributed by atoms with Crippen LogP contribution in [0.15, 0.2) is 29.2 Å². The van der Waals surface area contributed by atoms with Crippen molar-refractivity contribution in [2.75, 3.05) is 26.2 Å². The fourth-order valence-electron chi connectivity index (χ4n) is 2.01. The van der Waals surface area contributed by atoms with Crippen LogP contribution in [0.1, 0.15) is 37.6 Å². The highest BCUT2D eigenvalue weighted by Gasteiger charge is 2.21. The Kier molecular flexibility index (Phi) is 7.87. The van der Waals surface area contributed by atoms with E-state index in [2.05, 4.69) is 5.32 Å². The molecule has 0 aliphatic heterocycles. The number of carbonyl (C=O) groups excluding carboxylic acids is 2. The summed E-state index contributed by atoms with van der Waals surface area (Å²) < 4.78 is 30.9. The van der Waals surface area contributed by atoms with Gasteiger partial charge in [0, 0.05) is 18.7 Å². The van der Waals surface area contributed by atoms with Crippen LogP contribution in [0, 0.1) is 0 Å². The number of carbonyl (C=O) groups is 2. The van der Waals surface area contributed by atoms with E-state index in [1.54, 1.807) is 13.8 Å². The summed E-state index contributed by atoms with van der Waals surface area (Å²) in [5.74, 6) is -0.971. The van der Waals surface area contributed by atoms with Gasteiger partial charge in [-0.1, -0.05) is 20.8 Å². The Morgan fingerprint density at radius 1 is 1.08 bits per heavy atom. The third kappa shape index (κ3) is 5.31. The minimum atomic E-state index is -3.55. The molecule has 1 N–H and O–H groups in total. The van der Waals surface area contributed by atoms with E-state index < -0.39 is 21.9 Å². The number of amides is 1. The van der Waals surface area contributed by atoms with Gasteiger partial charge in [0.05, 0.1) is 11.5 Å². The molecule has 1 rings (SSSR count). The molecule has 0 radical (unpaired) electrons. The first kappa shape index (κ1) is 20.1. The van der Waals surface area contributed by atoms with Gasteiger partial charge in [-0.25, -0.2) is 8.42 Å². The Labute approximate surface area is 143 Å². The van der Waals surface area contributed by atoms with Crippen LogP contribution < -0.4 is 5.32 Å². The minimum absolute atomic E-state index is 0.130. The number of nitrogens with one attached hydrogen (secondary N) is 1. The van der Waals surface area contributed by atoms with Gasteiger partial charge in [-0.3, -0.25) is 9.59 Å². The number of rotatable bonds is 9. The number of sulfonamides is 1. The summed E-state index contributed by atoms with van der Waals surface area (Å²) in [6, 6.07) is 5.61. The normalized spacial score (nSPS) is 11.3. The second-order valence-electron chi connectivity index (χ2n) is 5.02. The zero-order valence-corrected chi connectivity index (χ0v) is 15.1. The highest BCUT2D eigenvalue weighted by molar-refractivity contribution is 7.89. The number of hydrogen-bond acceptors (Lipinski definition) is 5. The van der Waals surface area contributed by atoms with Crippen molar-refractivity contribution in [2.24, 2.45) is 0 Å². The molecule has 0 atom stereocenters. The van der Waals surface area contributed by atoms with E-state index >= 15 is 0 Å². The molecule has 0 fully saturated rings. The zero-order valence-electron chi connectivity index (χ0n) is 14.2. The molecule has 0 bridgehead atoms. The Hall–Kier alpha value is -1.93. The van der Waals surface area contributed by atoms with Crippen LogP contribution in [0.5, 0.6) is 0 Å². The maximum absolute atomic E-state index is 12.4. The SMILES string of the molecule is CCCOC(=O)CNC(=O)c1ccc(S(=O)(=O)N(CC)CC)cc1. The van der Waals surface area contributed by atoms with Crippen molar-refractivity contribution < 1.29 is 22.7 Å². The van der Waals surface area contributed by atoms with Crippen LogP contribution in [0.2, 0.25) is 0 Å². The predicted octanol–water partition coefficient (Wildman–Crippen LogP) is 1.40. The lowest BCUT2D eigenvalue weighted by Gasteiger charge is -2.18. The third-order valence-corrected chi connectivity index (χ3v) is 5.38. The predicted molar refractivity (Wildman–Crippen MR) is 90.1 cm³/mol. The van der Waals surface area contributed by atoms with Crippen LogP contribution in [0.25, 0.3) is 0 Å². The minimum Gasteiger partial charge on any atom is -0.464 e. The monoisotopic (exact) mass is 356 g/mol. The molecule has 1 aromatic carbocycles. The molecule has 0 saturated carbocycles. The molecule has 1 amide bonds. The van der Waals surface area contributed by atoms with E-state index in [0.29, 0.717) is 26.1 Å². The molecule has 0 aliphatic rings. The second-order valence-corrected chi connectivity index (χ2v) is 6.95. The standard InChI is InChI=1S/C16H24N2O5S/c1-4-11-23-15(19)12-17-16(20)13-7-9-14(10-8-13)24(21,22)18(5-2)6-3/h7-10H,4-6,11-12H2,1-3H3,(H,17,20). The number of benzene rings is 1. The number of hydrogen-bond donors (Lipinski definition) is 1. The summed E-state index contributed by atoms with van der Waals surface area (Å²) >= 11 is 0. The van der Waals surface area contributed by atoms with Crippen molar-refractivity contribution in [2.45, 2.75) is 32.1 Å². The topological polar surface area (TPSA) is 92.8 Å². The van der Waals surface area contributed by atoms with Crippen LogP contribution in [0.3, 0.4) is 0 Å². The van der Waals surface area contributed by atoms with Crippen molar-refractivity contribution in [1.29, 1.82) is 0 Å². The van der Waals surface area contributed by atoms with Gasteiger partial charge in [-0.05, 0) is 30.7 Å². The number of esters is 1. The van der Waals surface area contributed by atoms with Gasteiger partial charge in [0.1, 0.15) is 6.54 Å². The lowest BCUT2D eigenvalue weighted by molar-refractivity contribution is -0.142. The molecule has 0 saturated heterocycles. The highest BCUT2D eigenvalue weighted by Crippen LogP contribution is 2.16. The van der Waals surface area contributed by atoms with Gasteiger partial charge < -0.3 is 10.1 Å². The summed E-state index contributed by atoms with van der Waals surface area (Å²) in [5.41, 5.74) is 0.275. The number of nitrogens with zero attached hydrogens (tertiary/aromatic N) is 1. The van der Waals surface area contributed by atoms with Crippen LogP contribution in [0.4, 0.5) is 0 Å². The maximum atomic E-state index is 12.4. The molecular weight excluding hydrogens is 332 g/mol. The first-order chi connectivity index (χ1) is 11.4. The summed E-state index contributed by atoms with van der Waals surface area (Å²) in [6.45, 7) is 6.24. The maximum Gasteiger partial charge on any atom is 0.325 e. The van der Waals surface area contributed by atoms with E-state index in [0.717, 1.165) is 0 Å². The van der Waals surface area contributed by atoms with E-state index in [1.807, 2.05) is 6.92 Å². The molecule has 7 nitrogen and oxygen atoms in total. The molecule has 134 valence electrons. The Balaban J connectivity index is 2.73. The molecule has 0 spiro atoms. The summed E-state index contributed by atoms with van der Waals surface area (Å²) in [6.07, 6.45) is 0.710. The van der Waals surface area contributed by atoms with E-state index in [4.69, 9.17) is 4.74 Å². The largest absolute Gasteiger partial charge is 0.464 e. The zero-order chi connectivity index (χ0) is 18.2. The molecule has 8 heteroatoms. The van der Waals surface area contributed by atoms with Crippen molar-refractivity contribution in [3.63, 3.8) is 0 Å². The highest BCUT2D eigenvalue weighted by atomic mass is 32.2. The fraction of sp³-hybridized carbons (Fsp3) is 0.500. The van der Waals surface area contributed by atoms with Crippen LogP contribution >= 0.6 is 0 Å². The molecule has 0 unspecified atom stereocenters. The first-order valence-corrected chi connectivity index (χ1v) is 9.34. The van der Waals surface area contributed by atoms with Crippen molar-refractivity contribution in [3.8, 4) is 0 Å². The first-order valence-electron chi connectivity index (χ1n) is 7.90. The molecule has 0 aliphatic carbocycles. The molecule has 0 aromatic heterocycles. The van der Waals surface area contributed by atoms with Gasteiger partial charge in [-0.2, -0.15) is 4.31 Å². The van der Waals surface area contributed by atoms with Gasteiger partial charge in [0.25, 0.3) is 5.91 Å². The summed E-state index contributed by atoms with van der Waals surface area (Å²) in [5, 5.41) is 2.44. The Morgan fingerprint density at radius 2 is 1.67 bits per heavy atom. The molecule has 24 heavy (non-hydrogen) atoms. The van der Waals surface area contributed by atoms with Crippen molar-refractivity contribution in [3.05, 3.63) is 29.8 Å². The fourth-order valence-corrected chi connectivity index (χ4v) is 3.47. The van der Waals surface area contributed by atoms with E-state index in [-0.39, 0.29) is 17.0 Å². The van der Waals surface area contributed by atoms with Gasteiger partial charge in [0.2, 0.25) is 10.0 Å². The quantitative estimate of drug-likeness (QED) is 0.675. The lowest BCUT2D eigenvalue weighted by atomic mass is 10.2. The third-order valence-electron chi connectivity index (χ3n) is 3.32. The van der Waals surface area contributed by atoms with Crippen LogP contribution in [-0.4, -0.2) is 50.8 Å². The van der Waals surface area contributed by atoms with Crippen LogP contribution in [-0.2, 0) is 19.6 Å². The Morgan fingerprint density at radius 3 is 2.17 bits per heavy atom. The summed E-state index contributed by atoms with van der Waals surface area (Å²) in [4.78, 5) is 23.4. The van der Waals surface area contributed by atoms with Gasteiger partial charge in [-0.15, -0.1) is 0 Å². The van der Waals surface area contributed by atoms with Crippen molar-refractivity contribution in [1.82, 2.24) is 9.62 Å². The van der Waals surface area contributed by atoms with E-state index in [1.165, 1.54) is 28.6 Å². The van der Waals surface area contributed by atoms with Crippen molar-refractivity contribution >= 4 is 21.9 Å². The smallest absolute Gasteiger partial charge is 0.325 e. The average Bonchev–Trinajstić information content (AvgIpc) is 2.58. The van der Waals surface area contributed by atoms with E-state index in [9.17, 15) is 18.0 Å². The second kappa shape index (κ2) is 9.39.